The standard InChI is InChI=1S/C14H13N2/c1-15-10-8-12(11-15)14-7-4-6-13-5-2-3-9-16(13)14/h2-11H,1H3/q+1. The second-order valence-corrected chi connectivity index (χ2v) is 3.97. The molecule has 0 spiro atoms. The van der Waals surface area contributed by atoms with Crippen molar-refractivity contribution in [3.05, 3.63) is 61.1 Å². The van der Waals surface area contributed by atoms with E-state index < -0.39 is 0 Å². The first-order valence-electron chi connectivity index (χ1n) is 5.36. The summed E-state index contributed by atoms with van der Waals surface area (Å²) in [7, 11) is 2.04. The number of aromatic nitrogens is 2. The molecule has 0 fully saturated rings. The largest absolute Gasteiger partial charge is 0.356 e. The van der Waals surface area contributed by atoms with Crippen molar-refractivity contribution >= 4 is 5.52 Å². The van der Waals surface area contributed by atoms with Crippen molar-refractivity contribution in [2.75, 3.05) is 0 Å². The summed E-state index contributed by atoms with van der Waals surface area (Å²) in [6.45, 7) is 0. The molecule has 0 atom stereocenters. The lowest BCUT2D eigenvalue weighted by atomic mass is 10.2. The molecule has 0 aliphatic rings. The molecule has 2 nitrogen and oxygen atoms in total. The molecule has 3 rings (SSSR count). The van der Waals surface area contributed by atoms with E-state index in [1.807, 2.05) is 7.05 Å². The van der Waals surface area contributed by atoms with Gasteiger partial charge in [-0.25, -0.2) is 0 Å². The number of fused-ring (bicyclic) bond motifs is 1. The van der Waals surface area contributed by atoms with Crippen LogP contribution >= 0.6 is 0 Å². The third-order valence-corrected chi connectivity index (χ3v) is 2.80. The van der Waals surface area contributed by atoms with Gasteiger partial charge in [-0.2, -0.15) is 4.40 Å². The average molecular weight is 209 g/mol. The highest BCUT2D eigenvalue weighted by Crippen LogP contribution is 2.15. The first-order chi connectivity index (χ1) is 7.84. The Balaban J connectivity index is 2.31. The van der Waals surface area contributed by atoms with Crippen molar-refractivity contribution in [2.24, 2.45) is 7.05 Å². The zero-order valence-electron chi connectivity index (χ0n) is 9.17. The van der Waals surface area contributed by atoms with Crippen LogP contribution in [-0.2, 0) is 7.05 Å². The Morgan fingerprint density at radius 1 is 1.00 bits per heavy atom. The van der Waals surface area contributed by atoms with E-state index in [1.165, 1.54) is 16.8 Å². The fraction of sp³-hybridized carbons (Fsp3) is 0.0714. The van der Waals surface area contributed by atoms with Crippen LogP contribution in [0.3, 0.4) is 0 Å². The van der Waals surface area contributed by atoms with Crippen molar-refractivity contribution in [3.8, 4) is 11.3 Å². The number of hydrogen-bond donors (Lipinski definition) is 0. The average Bonchev–Trinajstić information content (AvgIpc) is 2.75. The number of pyridine rings is 2. The zero-order valence-corrected chi connectivity index (χ0v) is 9.17. The minimum Gasteiger partial charge on any atom is -0.356 e. The Kier molecular flexibility index (Phi) is 2.00. The fourth-order valence-electron chi connectivity index (χ4n) is 2.02. The molecular formula is C14H13N2+. The lowest BCUT2D eigenvalue weighted by Crippen LogP contribution is -2.23. The predicted molar refractivity (Wildman–Crippen MR) is 64.0 cm³/mol. The predicted octanol–water partition coefficient (Wildman–Crippen LogP) is 2.43. The summed E-state index contributed by atoms with van der Waals surface area (Å²) in [5, 5.41) is 0. The van der Waals surface area contributed by atoms with E-state index >= 15 is 0 Å². The smallest absolute Gasteiger partial charge is 0.219 e. The molecule has 0 aromatic carbocycles. The van der Waals surface area contributed by atoms with Crippen molar-refractivity contribution in [2.45, 2.75) is 0 Å². The van der Waals surface area contributed by atoms with Gasteiger partial charge < -0.3 is 4.57 Å². The summed E-state index contributed by atoms with van der Waals surface area (Å²) in [4.78, 5) is 0. The molecule has 0 aliphatic heterocycles. The first-order valence-corrected chi connectivity index (χ1v) is 5.36. The van der Waals surface area contributed by atoms with E-state index in [4.69, 9.17) is 0 Å². The quantitative estimate of drug-likeness (QED) is 0.544. The van der Waals surface area contributed by atoms with Gasteiger partial charge in [0, 0.05) is 43.7 Å². The molecule has 78 valence electrons. The van der Waals surface area contributed by atoms with Gasteiger partial charge in [0.1, 0.15) is 0 Å². The van der Waals surface area contributed by atoms with Crippen LogP contribution in [-0.4, -0.2) is 4.57 Å². The molecular weight excluding hydrogens is 196 g/mol. The van der Waals surface area contributed by atoms with E-state index in [9.17, 15) is 0 Å². The third kappa shape index (κ3) is 1.39. The van der Waals surface area contributed by atoms with Crippen LogP contribution in [0, 0.1) is 0 Å². The summed E-state index contributed by atoms with van der Waals surface area (Å²) in [6.07, 6.45) is 6.30. The van der Waals surface area contributed by atoms with Crippen molar-refractivity contribution in [1.29, 1.82) is 0 Å². The normalized spacial score (nSPS) is 10.8. The van der Waals surface area contributed by atoms with Gasteiger partial charge in [-0.05, 0) is 18.2 Å². The molecule has 0 unspecified atom stereocenters. The second kappa shape index (κ2) is 3.49. The molecule has 16 heavy (non-hydrogen) atoms. The van der Waals surface area contributed by atoms with Crippen LogP contribution in [0.1, 0.15) is 0 Å². The van der Waals surface area contributed by atoms with E-state index in [1.54, 1.807) is 0 Å². The Morgan fingerprint density at radius 3 is 2.69 bits per heavy atom. The minimum atomic E-state index is 1.21. The zero-order chi connectivity index (χ0) is 11.0. The summed E-state index contributed by atoms with van der Waals surface area (Å²) >= 11 is 0. The lowest BCUT2D eigenvalue weighted by Gasteiger charge is -1.96. The molecule has 2 heteroatoms. The Hall–Kier alpha value is -2.09. The molecule has 3 aromatic rings. The Morgan fingerprint density at radius 2 is 1.88 bits per heavy atom. The van der Waals surface area contributed by atoms with Crippen molar-refractivity contribution in [1.82, 2.24) is 4.57 Å². The highest BCUT2D eigenvalue weighted by atomic mass is 14.9. The number of rotatable bonds is 1. The van der Waals surface area contributed by atoms with Gasteiger partial charge >= 0.3 is 0 Å². The van der Waals surface area contributed by atoms with Gasteiger partial charge in [0.05, 0.1) is 5.56 Å². The van der Waals surface area contributed by atoms with E-state index in [-0.39, 0.29) is 0 Å². The molecule has 3 heterocycles. The maximum absolute atomic E-state index is 2.20. The van der Waals surface area contributed by atoms with Crippen molar-refractivity contribution < 1.29 is 4.40 Å². The van der Waals surface area contributed by atoms with Gasteiger partial charge in [-0.3, -0.25) is 0 Å². The Labute approximate surface area is 94.4 Å². The summed E-state index contributed by atoms with van der Waals surface area (Å²) in [5.41, 5.74) is 3.67. The van der Waals surface area contributed by atoms with Crippen LogP contribution in [0.2, 0.25) is 0 Å². The van der Waals surface area contributed by atoms with E-state index in [2.05, 4.69) is 70.0 Å². The molecule has 0 saturated heterocycles. The summed E-state index contributed by atoms with van der Waals surface area (Å²) in [6, 6.07) is 14.7. The molecule has 0 aliphatic carbocycles. The van der Waals surface area contributed by atoms with Gasteiger partial charge in [-0.15, -0.1) is 0 Å². The van der Waals surface area contributed by atoms with Gasteiger partial charge in [0.25, 0.3) is 0 Å². The van der Waals surface area contributed by atoms with Crippen LogP contribution in [0.5, 0.6) is 0 Å². The number of hydrogen-bond acceptors (Lipinski definition) is 0. The monoisotopic (exact) mass is 209 g/mol. The molecule has 0 radical (unpaired) electrons. The van der Waals surface area contributed by atoms with Crippen LogP contribution in [0.25, 0.3) is 16.8 Å². The van der Waals surface area contributed by atoms with Crippen molar-refractivity contribution in [3.63, 3.8) is 0 Å². The molecule has 0 amide bonds. The van der Waals surface area contributed by atoms with Gasteiger partial charge in [-0.1, -0.05) is 0 Å². The number of aryl methyl sites for hydroxylation is 1. The maximum Gasteiger partial charge on any atom is 0.219 e. The molecule has 0 N–H and O–H groups in total. The SMILES string of the molecule is Cn1ccc(-c2cccc3cccc[n+]23)c1. The van der Waals surface area contributed by atoms with Crippen LogP contribution in [0.15, 0.2) is 61.1 Å². The minimum absolute atomic E-state index is 1.21. The van der Waals surface area contributed by atoms with E-state index in [0.717, 1.165) is 0 Å². The first kappa shape index (κ1) is 9.16. The third-order valence-electron chi connectivity index (χ3n) is 2.80. The Bertz CT molecular complexity index is 633. The van der Waals surface area contributed by atoms with Gasteiger partial charge in [0.15, 0.2) is 6.20 Å². The maximum atomic E-state index is 2.20. The summed E-state index contributed by atoms with van der Waals surface area (Å²) < 4.78 is 4.27. The van der Waals surface area contributed by atoms with Gasteiger partial charge in [0.2, 0.25) is 11.2 Å². The molecule has 3 aromatic heterocycles. The van der Waals surface area contributed by atoms with Crippen LogP contribution in [0.4, 0.5) is 0 Å². The van der Waals surface area contributed by atoms with Crippen LogP contribution < -0.4 is 4.40 Å². The lowest BCUT2D eigenvalue weighted by molar-refractivity contribution is -0.499. The molecule has 0 bridgehead atoms. The fourth-order valence-corrected chi connectivity index (χ4v) is 2.02. The second-order valence-electron chi connectivity index (χ2n) is 3.97. The number of nitrogens with zero attached hydrogens (tertiary/aromatic N) is 2. The topological polar surface area (TPSA) is 9.03 Å². The molecule has 0 saturated carbocycles. The highest BCUT2D eigenvalue weighted by molar-refractivity contribution is 5.57. The van der Waals surface area contributed by atoms with E-state index in [0.29, 0.717) is 0 Å². The highest BCUT2D eigenvalue weighted by Gasteiger charge is 2.11. The summed E-state index contributed by atoms with van der Waals surface area (Å²) in [5.74, 6) is 0.